The molecular formula is C68H68B2F4N14O8. The molecule has 2 N–H and O–H groups in total. The number of aryl methyl sites for hydroxylation is 5. The lowest BCUT2D eigenvalue weighted by atomic mass is 9.89. The summed E-state index contributed by atoms with van der Waals surface area (Å²) in [7, 11) is 0. The van der Waals surface area contributed by atoms with Crippen molar-refractivity contribution in [1.29, 1.82) is 0 Å². The maximum Gasteiger partial charge on any atom is 0.737 e. The molecule has 4 amide bonds. The highest BCUT2D eigenvalue weighted by atomic mass is 19.3. The Bertz CT molecular complexity index is 5110. The fourth-order valence-corrected chi connectivity index (χ4v) is 14.1. The van der Waals surface area contributed by atoms with Gasteiger partial charge < -0.3 is 54.8 Å². The van der Waals surface area contributed by atoms with E-state index in [1.165, 1.54) is 15.3 Å². The van der Waals surface area contributed by atoms with Crippen molar-refractivity contribution in [3.05, 3.63) is 230 Å². The lowest BCUT2D eigenvalue weighted by Crippen LogP contribution is -2.51. The summed E-state index contributed by atoms with van der Waals surface area (Å²) in [5.74, 6) is -0.693. The van der Waals surface area contributed by atoms with Crippen LogP contribution in [0.4, 0.5) is 17.3 Å². The van der Waals surface area contributed by atoms with Crippen molar-refractivity contribution in [2.75, 3.05) is 52.4 Å². The Labute approximate surface area is 546 Å². The minimum absolute atomic E-state index is 0.0563. The number of para-hydroxylation sites is 1. The van der Waals surface area contributed by atoms with E-state index in [9.17, 15) is 38.4 Å². The number of carbonyl (C=O) groups excluding carboxylic acids is 4. The van der Waals surface area contributed by atoms with Crippen molar-refractivity contribution in [1.82, 2.24) is 57.6 Å². The van der Waals surface area contributed by atoms with E-state index in [0.717, 1.165) is 34.6 Å². The summed E-state index contributed by atoms with van der Waals surface area (Å²) >= 11 is 0. The number of piperazine rings is 2. The average molecular weight is 1310 g/mol. The Morgan fingerprint density at radius 1 is 0.573 bits per heavy atom. The van der Waals surface area contributed by atoms with Crippen LogP contribution in [0.15, 0.2) is 146 Å². The maximum absolute atomic E-state index is 15.8. The van der Waals surface area contributed by atoms with Crippen LogP contribution >= 0.6 is 0 Å². The summed E-state index contributed by atoms with van der Waals surface area (Å²) in [6, 6.07) is 22.2. The van der Waals surface area contributed by atoms with E-state index in [1.807, 2.05) is 32.9 Å². The first-order chi connectivity index (χ1) is 45.9. The number of carbonyl (C=O) groups is 4. The number of hydrogen-bond acceptors (Lipinski definition) is 10. The van der Waals surface area contributed by atoms with E-state index < -0.39 is 36.4 Å². The van der Waals surface area contributed by atoms with Gasteiger partial charge in [-0.1, -0.05) is 24.3 Å². The molecule has 0 aliphatic carbocycles. The van der Waals surface area contributed by atoms with E-state index in [4.69, 9.17) is 0 Å². The van der Waals surface area contributed by atoms with Gasteiger partial charge in [-0.15, -0.1) is 0 Å². The van der Waals surface area contributed by atoms with Gasteiger partial charge in [0.15, 0.2) is 11.4 Å². The van der Waals surface area contributed by atoms with E-state index in [1.54, 1.807) is 144 Å². The predicted molar refractivity (Wildman–Crippen MR) is 356 cm³/mol. The first-order valence-electron chi connectivity index (χ1n) is 31.9. The second kappa shape index (κ2) is 24.8. The van der Waals surface area contributed by atoms with Crippen LogP contribution in [-0.2, 0) is 29.1 Å². The fraction of sp³-hybridized carbons (Fsp3) is 0.294. The van der Waals surface area contributed by atoms with Gasteiger partial charge in [0.1, 0.15) is 17.1 Å². The summed E-state index contributed by atoms with van der Waals surface area (Å²) in [4.78, 5) is 124. The van der Waals surface area contributed by atoms with Gasteiger partial charge in [-0.2, -0.15) is 0 Å². The van der Waals surface area contributed by atoms with Crippen molar-refractivity contribution in [2.24, 2.45) is 0 Å². The smallest absolute Gasteiger partial charge is 0.394 e. The Morgan fingerprint density at radius 3 is 1.89 bits per heavy atom. The maximum atomic E-state index is 15.8. The van der Waals surface area contributed by atoms with Gasteiger partial charge in [0.25, 0.3) is 22.9 Å². The van der Waals surface area contributed by atoms with Crippen molar-refractivity contribution >= 4 is 83.1 Å². The molecule has 6 aliphatic rings. The van der Waals surface area contributed by atoms with Gasteiger partial charge in [-0.25, -0.2) is 14.6 Å². The molecule has 492 valence electrons. The first-order valence-corrected chi connectivity index (χ1v) is 31.9. The van der Waals surface area contributed by atoms with Crippen LogP contribution in [0.1, 0.15) is 105 Å². The SMILES string of the molecule is CC1=CC(C)=[N+]2C1=Cc1ccc(CCC(=O)N3CCN(C(=O)c4cc(Cn5c(=O)[nH]c(=O)c6cccnc65)ccc4C)CC3)n1[B-]2(F)F.Cc1cnc(Cn2c(=O)[nH]c(=O)c3ccccc32)cc1C(=O)N1CCN(C(=O)CCC2=[N+]3C(=Cc4c(C)cc(C)n4[B-]3(F)F)C=C2)CC1. The third kappa shape index (κ3) is 11.5. The van der Waals surface area contributed by atoms with Crippen LogP contribution in [0.2, 0.25) is 0 Å². The Balaban J connectivity index is 0.000000174. The molecule has 96 heavy (non-hydrogen) atoms. The predicted octanol–water partition coefficient (Wildman–Crippen LogP) is 6.40. The number of halogens is 4. The average Bonchev–Trinajstić information content (AvgIpc) is 1.57. The molecular weight excluding hydrogens is 1240 g/mol. The van der Waals surface area contributed by atoms with E-state index in [2.05, 4.69) is 19.9 Å². The van der Waals surface area contributed by atoms with E-state index in [0.29, 0.717) is 142 Å². The van der Waals surface area contributed by atoms with Gasteiger partial charge in [0.05, 0.1) is 35.1 Å². The lowest BCUT2D eigenvalue weighted by molar-refractivity contribution is -0.363. The third-order valence-corrected chi connectivity index (χ3v) is 19.1. The topological polar surface area (TPSA) is 233 Å². The van der Waals surface area contributed by atoms with E-state index in [-0.39, 0.29) is 68.0 Å². The molecule has 0 atom stereocenters. The van der Waals surface area contributed by atoms with Crippen LogP contribution in [-0.4, -0.2) is 168 Å². The fourth-order valence-electron chi connectivity index (χ4n) is 14.1. The number of aromatic nitrogens is 8. The molecule has 0 unspecified atom stereocenters. The second-order valence-electron chi connectivity index (χ2n) is 25.2. The molecule has 12 heterocycles. The quantitative estimate of drug-likeness (QED) is 0.101. The molecule has 0 radical (unpaired) electrons. The van der Waals surface area contributed by atoms with Crippen LogP contribution in [0.3, 0.4) is 0 Å². The van der Waals surface area contributed by atoms with Gasteiger partial charge in [0, 0.05) is 149 Å². The molecule has 0 spiro atoms. The molecule has 28 heteroatoms. The number of pyridine rings is 2. The van der Waals surface area contributed by atoms with Crippen LogP contribution < -0.4 is 22.5 Å². The minimum atomic E-state index is -4.09. The number of nitrogens with one attached hydrogen (secondary N) is 2. The molecule has 8 aromatic rings. The Hall–Kier alpha value is -10.8. The summed E-state index contributed by atoms with van der Waals surface area (Å²) in [6.07, 6.45) is 12.2. The third-order valence-electron chi connectivity index (χ3n) is 19.1. The zero-order valence-corrected chi connectivity index (χ0v) is 53.7. The summed E-state index contributed by atoms with van der Waals surface area (Å²) in [5, 5.41) is 0.664. The molecule has 6 aromatic heterocycles. The zero-order chi connectivity index (χ0) is 67.8. The zero-order valence-electron chi connectivity index (χ0n) is 53.7. The summed E-state index contributed by atoms with van der Waals surface area (Å²) in [6.45, 7) is 5.21. The summed E-state index contributed by atoms with van der Waals surface area (Å²) < 4.78 is 70.2. The molecule has 14 rings (SSSR count). The highest BCUT2D eigenvalue weighted by Gasteiger charge is 2.54. The second-order valence-corrected chi connectivity index (χ2v) is 25.2. The molecule has 6 aliphatic heterocycles. The Morgan fingerprint density at radius 2 is 1.19 bits per heavy atom. The molecule has 0 bridgehead atoms. The number of rotatable bonds is 12. The Kier molecular flexibility index (Phi) is 16.5. The molecule has 0 saturated carbocycles. The minimum Gasteiger partial charge on any atom is -0.394 e. The largest absolute Gasteiger partial charge is 0.737 e. The van der Waals surface area contributed by atoms with Gasteiger partial charge in [-0.05, 0) is 129 Å². The molecule has 2 fully saturated rings. The number of fused-ring (bicyclic) bond motifs is 6. The normalized spacial score (nSPS) is 16.8. The monoisotopic (exact) mass is 1310 g/mol. The number of nitrogens with zero attached hydrogens (tertiary/aromatic N) is 12. The summed E-state index contributed by atoms with van der Waals surface area (Å²) in [5.41, 5.74) is 7.38. The van der Waals surface area contributed by atoms with Crippen LogP contribution in [0.5, 0.6) is 0 Å². The van der Waals surface area contributed by atoms with Crippen molar-refractivity contribution in [3.63, 3.8) is 0 Å². The number of aromatic amines is 2. The number of benzene rings is 2. The number of hydrogen-bond donors (Lipinski definition) is 2. The first kappa shape index (κ1) is 63.9. The number of allylic oxidation sites excluding steroid dienone is 4. The number of amides is 4. The highest BCUT2D eigenvalue weighted by molar-refractivity contribution is 6.58. The highest BCUT2D eigenvalue weighted by Crippen LogP contribution is 2.37. The standard InChI is InChI=1S/2C34H34BF2N7O4/c1-21-6-7-24(20-42-31-27(5-4-12-38-31)32(46)39-34(42)48)18-28(21)33(47)41-15-13-40(14-16-41)30(45)11-10-25-8-9-26-19-29-22(2)17-23(3)43(29)35(36,37)44(25)26;1-21-16-23(3)43-30(21)18-26-9-8-25(44(26)35(43,36)37)10-11-31(45)40-12-14-41(15-13-40)33(47)28-17-24(38-19-22(28)2)20-42-29-7-5-4-6-27(29)32(46)39-34(42)48/h4-9,12,17-19H,10-11,13-16,20H2,1-3H3,(H,39,46,48);4-9,16-19H,10-15,20H2,1-3H3,(H,39,46,48). The van der Waals surface area contributed by atoms with Gasteiger partial charge in [-0.3, -0.25) is 52.9 Å². The van der Waals surface area contributed by atoms with Crippen molar-refractivity contribution in [3.8, 4) is 0 Å². The number of H-pyrrole nitrogens is 2. The van der Waals surface area contributed by atoms with Gasteiger partial charge in [0.2, 0.25) is 11.8 Å². The molecule has 2 aromatic carbocycles. The molecule has 2 saturated heterocycles. The van der Waals surface area contributed by atoms with Crippen molar-refractivity contribution < 1.29 is 45.4 Å². The van der Waals surface area contributed by atoms with Gasteiger partial charge >= 0.3 is 25.3 Å². The van der Waals surface area contributed by atoms with E-state index >= 15 is 17.3 Å². The lowest BCUT2D eigenvalue weighted by Gasteiger charge is -2.35. The van der Waals surface area contributed by atoms with Crippen LogP contribution in [0.25, 0.3) is 34.1 Å². The van der Waals surface area contributed by atoms with Crippen molar-refractivity contribution in [2.45, 2.75) is 80.3 Å². The van der Waals surface area contributed by atoms with Crippen LogP contribution in [0, 0.1) is 27.7 Å². The molecule has 22 nitrogen and oxygen atoms in total.